The summed E-state index contributed by atoms with van der Waals surface area (Å²) < 4.78 is 0. The maximum absolute atomic E-state index is 11.7. The molecule has 1 aromatic rings. The van der Waals surface area contributed by atoms with E-state index in [1.54, 1.807) is 0 Å². The summed E-state index contributed by atoms with van der Waals surface area (Å²) in [5, 5.41) is 2.99. The monoisotopic (exact) mass is 204 g/mol. The van der Waals surface area contributed by atoms with E-state index in [2.05, 4.69) is 5.32 Å². The van der Waals surface area contributed by atoms with E-state index in [1.807, 2.05) is 38.1 Å². The van der Waals surface area contributed by atoms with E-state index in [9.17, 15) is 4.79 Å². The minimum Gasteiger partial charge on any atom is -0.399 e. The molecule has 0 bridgehead atoms. The van der Waals surface area contributed by atoms with Crippen LogP contribution >= 0.6 is 0 Å². The number of nitrogen functional groups attached to an aromatic ring is 1. The van der Waals surface area contributed by atoms with Crippen LogP contribution in [0.15, 0.2) is 24.3 Å². The van der Waals surface area contributed by atoms with Gasteiger partial charge in [0, 0.05) is 11.2 Å². The van der Waals surface area contributed by atoms with Crippen molar-refractivity contribution in [1.29, 1.82) is 0 Å². The Morgan fingerprint density at radius 3 is 2.40 bits per heavy atom. The molecule has 0 aromatic heterocycles. The smallest absolute Gasteiger partial charge is 0.228 e. The number of nitrogens with one attached hydrogen (secondary N) is 1. The quantitative estimate of drug-likeness (QED) is 0.683. The fourth-order valence-electron chi connectivity index (χ4n) is 2.07. The third kappa shape index (κ3) is 1.96. The van der Waals surface area contributed by atoms with Crippen LogP contribution in [0.1, 0.15) is 31.7 Å². The molecule has 0 spiro atoms. The van der Waals surface area contributed by atoms with Crippen molar-refractivity contribution in [2.75, 3.05) is 5.73 Å². The van der Waals surface area contributed by atoms with Gasteiger partial charge in [0.15, 0.2) is 0 Å². The Morgan fingerprint density at radius 2 is 1.93 bits per heavy atom. The summed E-state index contributed by atoms with van der Waals surface area (Å²) in [5.74, 6) is 0.0883. The average molecular weight is 204 g/mol. The molecule has 0 saturated carbocycles. The van der Waals surface area contributed by atoms with Gasteiger partial charge in [0.25, 0.3) is 0 Å². The van der Waals surface area contributed by atoms with Gasteiger partial charge in [0.1, 0.15) is 0 Å². The van der Waals surface area contributed by atoms with Crippen molar-refractivity contribution in [2.24, 2.45) is 0 Å². The number of hydrogen-bond donors (Lipinski definition) is 2. The maximum Gasteiger partial charge on any atom is 0.228 e. The Labute approximate surface area is 89.7 Å². The maximum atomic E-state index is 11.7. The molecule has 1 aliphatic heterocycles. The zero-order valence-corrected chi connectivity index (χ0v) is 9.08. The van der Waals surface area contributed by atoms with E-state index in [0.29, 0.717) is 0 Å². The van der Waals surface area contributed by atoms with Crippen LogP contribution in [0.3, 0.4) is 0 Å². The highest BCUT2D eigenvalue weighted by molar-refractivity contribution is 5.86. The van der Waals surface area contributed by atoms with Crippen molar-refractivity contribution in [1.82, 2.24) is 5.32 Å². The van der Waals surface area contributed by atoms with Crippen LogP contribution in [0.4, 0.5) is 5.69 Å². The molecule has 1 aromatic carbocycles. The highest BCUT2D eigenvalue weighted by Gasteiger charge is 2.37. The zero-order valence-electron chi connectivity index (χ0n) is 9.08. The van der Waals surface area contributed by atoms with E-state index in [4.69, 9.17) is 5.73 Å². The molecule has 1 aliphatic rings. The van der Waals surface area contributed by atoms with Gasteiger partial charge in [-0.05, 0) is 38.0 Å². The van der Waals surface area contributed by atoms with E-state index >= 15 is 0 Å². The van der Waals surface area contributed by atoms with Gasteiger partial charge in [0.05, 0.1) is 5.92 Å². The fourth-order valence-corrected chi connectivity index (χ4v) is 2.07. The first-order chi connectivity index (χ1) is 6.98. The van der Waals surface area contributed by atoms with Gasteiger partial charge in [-0.3, -0.25) is 4.79 Å². The number of hydrogen-bond acceptors (Lipinski definition) is 2. The summed E-state index contributed by atoms with van der Waals surface area (Å²) in [7, 11) is 0. The van der Waals surface area contributed by atoms with Crippen LogP contribution in [0.25, 0.3) is 0 Å². The summed E-state index contributed by atoms with van der Waals surface area (Å²) in [6.45, 7) is 4.09. The third-order valence-electron chi connectivity index (χ3n) is 2.83. The normalized spacial score (nSPS) is 23.9. The van der Waals surface area contributed by atoms with Crippen LogP contribution in [-0.2, 0) is 4.79 Å². The van der Waals surface area contributed by atoms with Crippen molar-refractivity contribution in [3.8, 4) is 0 Å². The van der Waals surface area contributed by atoms with E-state index < -0.39 is 0 Å². The Bertz CT molecular complexity index is 381. The lowest BCUT2D eigenvalue weighted by Gasteiger charge is -2.16. The fraction of sp³-hybridized carbons (Fsp3) is 0.417. The summed E-state index contributed by atoms with van der Waals surface area (Å²) in [6, 6.07) is 7.55. The molecular formula is C12H16N2O. The molecule has 1 amide bonds. The third-order valence-corrected chi connectivity index (χ3v) is 2.83. The summed E-state index contributed by atoms with van der Waals surface area (Å²) >= 11 is 0. The van der Waals surface area contributed by atoms with Crippen molar-refractivity contribution in [3.05, 3.63) is 29.8 Å². The zero-order chi connectivity index (χ0) is 11.1. The van der Waals surface area contributed by atoms with Crippen LogP contribution in [-0.4, -0.2) is 11.4 Å². The molecule has 1 heterocycles. The van der Waals surface area contributed by atoms with Gasteiger partial charge in [-0.1, -0.05) is 12.1 Å². The molecular weight excluding hydrogens is 188 g/mol. The SMILES string of the molecule is CC1(C)C[C@@H](c2ccc(N)cc2)C(=O)N1. The van der Waals surface area contributed by atoms with E-state index in [-0.39, 0.29) is 17.4 Å². The minimum atomic E-state index is -0.0941. The Balaban J connectivity index is 2.25. The van der Waals surface area contributed by atoms with Crippen molar-refractivity contribution < 1.29 is 4.79 Å². The van der Waals surface area contributed by atoms with E-state index in [1.165, 1.54) is 0 Å². The molecule has 1 atom stereocenters. The lowest BCUT2D eigenvalue weighted by atomic mass is 9.91. The van der Waals surface area contributed by atoms with Gasteiger partial charge in [0.2, 0.25) is 5.91 Å². The largest absolute Gasteiger partial charge is 0.399 e. The van der Waals surface area contributed by atoms with Crippen LogP contribution in [0, 0.1) is 0 Å². The Kier molecular flexibility index (Phi) is 2.18. The number of benzene rings is 1. The second-order valence-corrected chi connectivity index (χ2v) is 4.80. The van der Waals surface area contributed by atoms with Crippen LogP contribution in [0.5, 0.6) is 0 Å². The molecule has 1 fully saturated rings. The highest BCUT2D eigenvalue weighted by Crippen LogP contribution is 2.32. The summed E-state index contributed by atoms with van der Waals surface area (Å²) in [5.41, 5.74) is 7.30. The Hall–Kier alpha value is -1.51. The highest BCUT2D eigenvalue weighted by atomic mass is 16.2. The number of amides is 1. The first-order valence-electron chi connectivity index (χ1n) is 5.15. The average Bonchev–Trinajstić information content (AvgIpc) is 2.41. The topological polar surface area (TPSA) is 55.1 Å². The van der Waals surface area contributed by atoms with Crippen LogP contribution in [0.2, 0.25) is 0 Å². The molecule has 0 radical (unpaired) electrons. The predicted octanol–water partition coefficient (Wildman–Crippen LogP) is 1.65. The van der Waals surface area contributed by atoms with Crippen molar-refractivity contribution >= 4 is 11.6 Å². The lowest BCUT2D eigenvalue weighted by Crippen LogP contribution is -2.34. The second kappa shape index (κ2) is 3.26. The molecule has 3 N–H and O–H groups in total. The number of rotatable bonds is 1. The number of carbonyl (C=O) groups is 1. The van der Waals surface area contributed by atoms with Gasteiger partial charge in [-0.25, -0.2) is 0 Å². The minimum absolute atomic E-state index is 0.0272. The number of carbonyl (C=O) groups excluding carboxylic acids is 1. The number of nitrogens with two attached hydrogens (primary N) is 1. The van der Waals surface area contributed by atoms with E-state index in [0.717, 1.165) is 17.7 Å². The molecule has 0 unspecified atom stereocenters. The summed E-state index contributed by atoms with van der Waals surface area (Å²) in [4.78, 5) is 11.7. The Morgan fingerprint density at radius 1 is 1.33 bits per heavy atom. The molecule has 2 rings (SSSR count). The first kappa shape index (κ1) is 10.0. The summed E-state index contributed by atoms with van der Waals surface area (Å²) in [6.07, 6.45) is 0.843. The molecule has 15 heavy (non-hydrogen) atoms. The molecule has 80 valence electrons. The van der Waals surface area contributed by atoms with Crippen molar-refractivity contribution in [3.63, 3.8) is 0 Å². The molecule has 1 saturated heterocycles. The van der Waals surface area contributed by atoms with Gasteiger partial charge < -0.3 is 11.1 Å². The predicted molar refractivity (Wildman–Crippen MR) is 60.4 cm³/mol. The molecule has 3 nitrogen and oxygen atoms in total. The molecule has 3 heteroatoms. The molecule has 0 aliphatic carbocycles. The standard InChI is InChI=1S/C12H16N2O/c1-12(2)7-10(11(15)14-12)8-3-5-9(13)6-4-8/h3-6,10H,7,13H2,1-2H3,(H,14,15)/t10-/m0/s1. The first-order valence-corrected chi connectivity index (χ1v) is 5.15. The van der Waals surface area contributed by atoms with Crippen LogP contribution < -0.4 is 11.1 Å². The van der Waals surface area contributed by atoms with Crippen molar-refractivity contribution in [2.45, 2.75) is 31.7 Å². The van der Waals surface area contributed by atoms with Gasteiger partial charge in [-0.15, -0.1) is 0 Å². The van der Waals surface area contributed by atoms with Gasteiger partial charge >= 0.3 is 0 Å². The lowest BCUT2D eigenvalue weighted by molar-refractivity contribution is -0.120. The van der Waals surface area contributed by atoms with Gasteiger partial charge in [-0.2, -0.15) is 0 Å². The second-order valence-electron chi connectivity index (χ2n) is 4.80. The number of anilines is 1.